The lowest BCUT2D eigenvalue weighted by molar-refractivity contribution is 0.198. The molecule has 23 heavy (non-hydrogen) atoms. The van der Waals surface area contributed by atoms with E-state index < -0.39 is 0 Å². The van der Waals surface area contributed by atoms with Crippen LogP contribution in [0.25, 0.3) is 10.2 Å². The van der Waals surface area contributed by atoms with Gasteiger partial charge in [0.15, 0.2) is 5.82 Å². The first-order chi connectivity index (χ1) is 11.3. The van der Waals surface area contributed by atoms with Crippen LogP contribution in [0.15, 0.2) is 28.8 Å². The first-order valence-electron chi connectivity index (χ1n) is 7.91. The van der Waals surface area contributed by atoms with Crippen LogP contribution in [0.1, 0.15) is 35.5 Å². The fraction of sp³-hybridized carbons (Fsp3) is 0.438. The lowest BCUT2D eigenvalue weighted by Crippen LogP contribution is -2.32. The molecule has 1 saturated heterocycles. The summed E-state index contributed by atoms with van der Waals surface area (Å²) in [6.07, 6.45) is 2.25. The van der Waals surface area contributed by atoms with Gasteiger partial charge in [-0.1, -0.05) is 17.3 Å². The fourth-order valence-corrected chi connectivity index (χ4v) is 4.18. The molecular formula is C16H19N5OS. The van der Waals surface area contributed by atoms with Gasteiger partial charge in [-0.25, -0.2) is 4.98 Å². The molecule has 3 heterocycles. The normalized spacial score (nSPS) is 17.1. The Bertz CT molecular complexity index is 757. The third-order valence-electron chi connectivity index (χ3n) is 4.30. The fourth-order valence-electron chi connectivity index (χ4n) is 3.04. The summed E-state index contributed by atoms with van der Waals surface area (Å²) in [4.78, 5) is 11.5. The predicted octanol–water partition coefficient (Wildman–Crippen LogP) is 2.52. The number of para-hydroxylation sites is 1. The van der Waals surface area contributed by atoms with Gasteiger partial charge >= 0.3 is 0 Å². The number of fused-ring (bicyclic) bond motifs is 1. The lowest BCUT2D eigenvalue weighted by Gasteiger charge is -2.29. The van der Waals surface area contributed by atoms with Crippen molar-refractivity contribution < 1.29 is 4.52 Å². The van der Waals surface area contributed by atoms with Gasteiger partial charge in [0.05, 0.1) is 28.3 Å². The van der Waals surface area contributed by atoms with Crippen LogP contribution < -0.4 is 5.73 Å². The Morgan fingerprint density at radius 1 is 1.22 bits per heavy atom. The monoisotopic (exact) mass is 329 g/mol. The van der Waals surface area contributed by atoms with Crippen LogP contribution in [0.2, 0.25) is 0 Å². The molecule has 0 aliphatic carbocycles. The summed E-state index contributed by atoms with van der Waals surface area (Å²) in [5.41, 5.74) is 6.62. The molecule has 0 radical (unpaired) electrons. The summed E-state index contributed by atoms with van der Waals surface area (Å²) < 4.78 is 6.34. The average molecular weight is 329 g/mol. The molecule has 0 amide bonds. The third-order valence-corrected chi connectivity index (χ3v) is 5.50. The van der Waals surface area contributed by atoms with Gasteiger partial charge in [0.1, 0.15) is 0 Å². The maximum atomic E-state index is 5.50. The van der Waals surface area contributed by atoms with E-state index in [-0.39, 0.29) is 0 Å². The van der Waals surface area contributed by atoms with Gasteiger partial charge in [0, 0.05) is 5.92 Å². The number of hydrogen-bond acceptors (Lipinski definition) is 7. The van der Waals surface area contributed by atoms with Crippen molar-refractivity contribution in [3.05, 3.63) is 41.0 Å². The molecule has 0 saturated carbocycles. The van der Waals surface area contributed by atoms with Gasteiger partial charge in [-0.3, -0.25) is 4.90 Å². The van der Waals surface area contributed by atoms with Gasteiger partial charge in [-0.15, -0.1) is 11.3 Å². The summed E-state index contributed by atoms with van der Waals surface area (Å²) in [5, 5.41) is 5.24. The van der Waals surface area contributed by atoms with E-state index in [0.717, 1.165) is 43.8 Å². The van der Waals surface area contributed by atoms with E-state index in [1.54, 1.807) is 0 Å². The molecular weight excluding hydrogens is 310 g/mol. The van der Waals surface area contributed by atoms with Crippen molar-refractivity contribution >= 4 is 21.6 Å². The third kappa shape index (κ3) is 3.12. The zero-order valence-electron chi connectivity index (χ0n) is 12.8. The Morgan fingerprint density at radius 3 is 2.78 bits per heavy atom. The van der Waals surface area contributed by atoms with E-state index in [2.05, 4.69) is 39.3 Å². The van der Waals surface area contributed by atoms with E-state index in [4.69, 9.17) is 15.2 Å². The highest BCUT2D eigenvalue weighted by molar-refractivity contribution is 7.18. The van der Waals surface area contributed by atoms with Crippen molar-refractivity contribution in [2.45, 2.75) is 31.8 Å². The molecule has 1 aromatic carbocycles. The SMILES string of the molecule is NCc1nc(CN2CCC(c3nc4ccccc4s3)CC2)no1. The van der Waals surface area contributed by atoms with Gasteiger partial charge < -0.3 is 10.3 Å². The summed E-state index contributed by atoms with van der Waals surface area (Å²) in [5.74, 6) is 1.79. The van der Waals surface area contributed by atoms with Crippen LogP contribution in [0.4, 0.5) is 0 Å². The standard InChI is InChI=1S/C16H19N5OS/c17-9-15-19-14(20-22-15)10-21-7-5-11(6-8-21)16-18-12-3-1-2-4-13(12)23-16/h1-4,11H,5-10,17H2. The topological polar surface area (TPSA) is 81.1 Å². The Hall–Kier alpha value is -1.83. The van der Waals surface area contributed by atoms with Gasteiger partial charge in [-0.05, 0) is 38.1 Å². The molecule has 7 heteroatoms. The summed E-state index contributed by atoms with van der Waals surface area (Å²) >= 11 is 1.83. The van der Waals surface area contributed by atoms with Gasteiger partial charge in [0.2, 0.25) is 5.89 Å². The first kappa shape index (κ1) is 14.7. The highest BCUT2D eigenvalue weighted by atomic mass is 32.1. The molecule has 3 aromatic rings. The highest BCUT2D eigenvalue weighted by Crippen LogP contribution is 2.33. The molecule has 1 aliphatic heterocycles. The Kier molecular flexibility index (Phi) is 4.07. The van der Waals surface area contributed by atoms with Crippen LogP contribution >= 0.6 is 11.3 Å². The Balaban J connectivity index is 1.38. The Labute approximate surface area is 138 Å². The van der Waals surface area contributed by atoms with Gasteiger partial charge in [0.25, 0.3) is 0 Å². The van der Waals surface area contributed by atoms with Crippen molar-refractivity contribution in [2.75, 3.05) is 13.1 Å². The van der Waals surface area contributed by atoms with E-state index >= 15 is 0 Å². The average Bonchev–Trinajstić information content (AvgIpc) is 3.21. The van der Waals surface area contributed by atoms with Crippen molar-refractivity contribution in [3.63, 3.8) is 0 Å². The van der Waals surface area contributed by atoms with E-state index in [1.165, 1.54) is 9.71 Å². The smallest absolute Gasteiger partial charge is 0.240 e. The molecule has 0 spiro atoms. The van der Waals surface area contributed by atoms with Crippen molar-refractivity contribution in [1.82, 2.24) is 20.0 Å². The second-order valence-electron chi connectivity index (χ2n) is 5.88. The molecule has 0 bridgehead atoms. The number of thiazole rings is 1. The molecule has 0 unspecified atom stereocenters. The molecule has 0 atom stereocenters. The number of aromatic nitrogens is 3. The van der Waals surface area contributed by atoms with Crippen LogP contribution in [0.5, 0.6) is 0 Å². The molecule has 120 valence electrons. The Morgan fingerprint density at radius 2 is 2.04 bits per heavy atom. The number of rotatable bonds is 4. The minimum Gasteiger partial charge on any atom is -0.338 e. The minimum atomic E-state index is 0.298. The molecule has 6 nitrogen and oxygen atoms in total. The zero-order chi connectivity index (χ0) is 15.6. The largest absolute Gasteiger partial charge is 0.338 e. The van der Waals surface area contributed by atoms with Crippen LogP contribution in [-0.2, 0) is 13.1 Å². The second-order valence-corrected chi connectivity index (χ2v) is 6.94. The first-order valence-corrected chi connectivity index (χ1v) is 8.73. The van der Waals surface area contributed by atoms with Crippen molar-refractivity contribution in [2.24, 2.45) is 5.73 Å². The quantitative estimate of drug-likeness (QED) is 0.792. The minimum absolute atomic E-state index is 0.298. The zero-order valence-corrected chi connectivity index (χ0v) is 13.6. The van der Waals surface area contributed by atoms with Crippen LogP contribution in [0.3, 0.4) is 0 Å². The number of hydrogen-bond donors (Lipinski definition) is 1. The molecule has 2 aromatic heterocycles. The van der Waals surface area contributed by atoms with Crippen LogP contribution in [-0.4, -0.2) is 33.1 Å². The number of nitrogens with two attached hydrogens (primary N) is 1. The molecule has 1 fully saturated rings. The van der Waals surface area contributed by atoms with Crippen LogP contribution in [0, 0.1) is 0 Å². The van der Waals surface area contributed by atoms with E-state index in [9.17, 15) is 0 Å². The number of piperidine rings is 1. The molecule has 2 N–H and O–H groups in total. The van der Waals surface area contributed by atoms with Gasteiger partial charge in [-0.2, -0.15) is 4.98 Å². The summed E-state index contributed by atoms with van der Waals surface area (Å²) in [7, 11) is 0. The number of nitrogens with zero attached hydrogens (tertiary/aromatic N) is 4. The maximum absolute atomic E-state index is 5.50. The van der Waals surface area contributed by atoms with Crippen molar-refractivity contribution in [3.8, 4) is 0 Å². The molecule has 1 aliphatic rings. The predicted molar refractivity (Wildman–Crippen MR) is 89.1 cm³/mol. The highest BCUT2D eigenvalue weighted by Gasteiger charge is 2.24. The van der Waals surface area contributed by atoms with E-state index in [1.807, 2.05) is 11.3 Å². The van der Waals surface area contributed by atoms with E-state index in [0.29, 0.717) is 18.4 Å². The summed E-state index contributed by atoms with van der Waals surface area (Å²) in [6.45, 7) is 3.10. The summed E-state index contributed by atoms with van der Waals surface area (Å²) in [6, 6.07) is 8.37. The maximum Gasteiger partial charge on any atom is 0.240 e. The van der Waals surface area contributed by atoms with Crippen molar-refractivity contribution in [1.29, 1.82) is 0 Å². The number of benzene rings is 1. The lowest BCUT2D eigenvalue weighted by atomic mass is 9.97. The molecule has 4 rings (SSSR count). The second kappa shape index (κ2) is 6.35. The number of likely N-dealkylation sites (tertiary alicyclic amines) is 1.